The highest BCUT2D eigenvalue weighted by Crippen LogP contribution is 2.16. The summed E-state index contributed by atoms with van der Waals surface area (Å²) in [5, 5.41) is 0. The molecular weight excluding hydrogens is 889 g/mol. The van der Waals surface area contributed by atoms with E-state index in [0.717, 1.165) is 103 Å². The molecule has 0 aliphatic carbocycles. The number of esters is 3. The van der Waals surface area contributed by atoms with Crippen LogP contribution in [0.4, 0.5) is 0 Å². The zero-order valence-corrected chi connectivity index (χ0v) is 46.9. The van der Waals surface area contributed by atoms with E-state index in [1.165, 1.54) is 122 Å². The van der Waals surface area contributed by atoms with E-state index in [1.807, 2.05) is 0 Å². The van der Waals surface area contributed by atoms with Crippen molar-refractivity contribution in [2.45, 2.75) is 277 Å². The molecule has 6 nitrogen and oxygen atoms in total. The van der Waals surface area contributed by atoms with Gasteiger partial charge in [-0.05, 0) is 83.5 Å². The third-order valence-corrected chi connectivity index (χ3v) is 12.6. The van der Waals surface area contributed by atoms with E-state index in [4.69, 9.17) is 14.2 Å². The fourth-order valence-corrected chi connectivity index (χ4v) is 8.14. The van der Waals surface area contributed by atoms with Crippen LogP contribution in [0.5, 0.6) is 0 Å². The Labute approximate surface area is 444 Å². The molecular formula is C66H110O6. The first-order valence-electron chi connectivity index (χ1n) is 29.9. The Hall–Kier alpha value is -3.93. The number of hydrogen-bond acceptors (Lipinski definition) is 6. The first-order valence-corrected chi connectivity index (χ1v) is 29.9. The molecule has 0 aromatic rings. The van der Waals surface area contributed by atoms with Crippen LogP contribution in [-0.4, -0.2) is 37.2 Å². The molecule has 410 valence electrons. The number of carbonyl (C=O) groups is 3. The molecule has 0 radical (unpaired) electrons. The Morgan fingerprint density at radius 3 is 1.04 bits per heavy atom. The molecule has 0 saturated carbocycles. The lowest BCUT2D eigenvalue weighted by molar-refractivity contribution is -0.167. The van der Waals surface area contributed by atoms with Gasteiger partial charge >= 0.3 is 17.9 Å². The summed E-state index contributed by atoms with van der Waals surface area (Å²) in [5.41, 5.74) is 0. The maximum atomic E-state index is 12.9. The summed E-state index contributed by atoms with van der Waals surface area (Å²) < 4.78 is 16.8. The minimum atomic E-state index is -0.815. The van der Waals surface area contributed by atoms with Gasteiger partial charge in [-0.25, -0.2) is 0 Å². The maximum absolute atomic E-state index is 12.9. The van der Waals surface area contributed by atoms with E-state index < -0.39 is 6.10 Å². The van der Waals surface area contributed by atoms with E-state index in [-0.39, 0.29) is 44.0 Å². The van der Waals surface area contributed by atoms with Crippen LogP contribution in [0.2, 0.25) is 0 Å². The second kappa shape index (κ2) is 59.6. The molecule has 0 aromatic carbocycles. The van der Waals surface area contributed by atoms with Crippen molar-refractivity contribution >= 4 is 17.9 Å². The van der Waals surface area contributed by atoms with Crippen LogP contribution in [0.25, 0.3) is 0 Å². The minimum absolute atomic E-state index is 0.105. The largest absolute Gasteiger partial charge is 0.462 e. The molecule has 0 heterocycles. The highest BCUT2D eigenvalue weighted by molar-refractivity contribution is 5.71. The highest BCUT2D eigenvalue weighted by atomic mass is 16.6. The fourth-order valence-electron chi connectivity index (χ4n) is 8.14. The van der Waals surface area contributed by atoms with Gasteiger partial charge in [0, 0.05) is 19.3 Å². The van der Waals surface area contributed by atoms with Crippen LogP contribution in [0, 0.1) is 0 Å². The van der Waals surface area contributed by atoms with E-state index in [9.17, 15) is 14.4 Å². The molecule has 0 aliphatic rings. The van der Waals surface area contributed by atoms with Crippen LogP contribution in [0.15, 0.2) is 109 Å². The lowest BCUT2D eigenvalue weighted by Gasteiger charge is -2.18. The Morgan fingerprint density at radius 1 is 0.306 bits per heavy atom. The van der Waals surface area contributed by atoms with Crippen molar-refractivity contribution in [2.24, 2.45) is 0 Å². The summed E-state index contributed by atoms with van der Waals surface area (Å²) in [5.74, 6) is -0.984. The average molecular weight is 1000 g/mol. The molecule has 0 aromatic heterocycles. The topological polar surface area (TPSA) is 78.9 Å². The Balaban J connectivity index is 4.50. The summed E-state index contributed by atoms with van der Waals surface area (Å²) in [6.45, 7) is 6.44. The molecule has 72 heavy (non-hydrogen) atoms. The summed E-state index contributed by atoms with van der Waals surface area (Å²) in [4.78, 5) is 38.2. The van der Waals surface area contributed by atoms with Gasteiger partial charge in [-0.15, -0.1) is 0 Å². The van der Waals surface area contributed by atoms with Gasteiger partial charge in [0.05, 0.1) is 0 Å². The van der Waals surface area contributed by atoms with Crippen LogP contribution in [-0.2, 0) is 28.6 Å². The monoisotopic (exact) mass is 999 g/mol. The van der Waals surface area contributed by atoms with Crippen LogP contribution in [0.1, 0.15) is 271 Å². The normalized spacial score (nSPS) is 12.9. The Bertz CT molecular complexity index is 1470. The average Bonchev–Trinajstić information content (AvgIpc) is 3.38. The van der Waals surface area contributed by atoms with E-state index in [2.05, 4.69) is 130 Å². The first kappa shape index (κ1) is 68.1. The first-order chi connectivity index (χ1) is 35.5. The number of ether oxygens (including phenoxy) is 3. The van der Waals surface area contributed by atoms with Gasteiger partial charge in [-0.2, -0.15) is 0 Å². The SMILES string of the molecule is CC/C=C\C/C=C\C/C=C\C/C=C\C/C=C\CCCC(=O)OCC(COC(=O)CCCCCCCCCCCCCCCCCCCCC)OC(=O)CCCCCCC\C=C/C=C\C=C/C=C\CCCCC. The summed E-state index contributed by atoms with van der Waals surface area (Å²) in [6.07, 6.45) is 80.8. The summed E-state index contributed by atoms with van der Waals surface area (Å²) in [7, 11) is 0. The lowest BCUT2D eigenvalue weighted by atomic mass is 10.0. The van der Waals surface area contributed by atoms with Crippen molar-refractivity contribution in [3.05, 3.63) is 109 Å². The van der Waals surface area contributed by atoms with Crippen molar-refractivity contribution in [1.82, 2.24) is 0 Å². The molecule has 0 bridgehead atoms. The number of hydrogen-bond donors (Lipinski definition) is 0. The summed E-state index contributed by atoms with van der Waals surface area (Å²) >= 11 is 0. The standard InChI is InChI=1S/C66H110O6/c1-4-7-10-13-16-19-22-25-28-31-33-36-38-41-44-47-50-53-56-59-65(68)71-62-63(61-70-64(67)58-55-52-49-46-43-40-37-34-30-27-24-21-18-15-12-9-6-3)72-66(69)60-57-54-51-48-45-42-39-35-32-29-26-23-20-17-14-11-8-5-2/h9,12,17-18,20-21,23,26-27,29-30,32,35,37,39-40,46,49,63H,4-8,10-11,13-16,19,22,24-25,28,31,33-34,36,38,41-45,47-48,50-62H2,1-3H3/b12-9-,20-17-,21-18-,26-23-,30-27-,32-29-,39-35-,40-37-,49-46-. The lowest BCUT2D eigenvalue weighted by Crippen LogP contribution is -2.30. The van der Waals surface area contributed by atoms with Crippen molar-refractivity contribution in [3.63, 3.8) is 0 Å². The van der Waals surface area contributed by atoms with Gasteiger partial charge in [-0.3, -0.25) is 14.4 Å². The third kappa shape index (κ3) is 57.0. The molecule has 0 N–H and O–H groups in total. The van der Waals surface area contributed by atoms with Gasteiger partial charge in [0.25, 0.3) is 0 Å². The molecule has 6 heteroatoms. The van der Waals surface area contributed by atoms with Gasteiger partial charge < -0.3 is 14.2 Å². The zero-order chi connectivity index (χ0) is 52.2. The molecule has 0 aliphatic heterocycles. The zero-order valence-electron chi connectivity index (χ0n) is 46.9. The van der Waals surface area contributed by atoms with Crippen molar-refractivity contribution < 1.29 is 28.6 Å². The quantitative estimate of drug-likeness (QED) is 0.0199. The molecule has 0 saturated heterocycles. The van der Waals surface area contributed by atoms with Crippen molar-refractivity contribution in [1.29, 1.82) is 0 Å². The van der Waals surface area contributed by atoms with E-state index in [1.54, 1.807) is 0 Å². The highest BCUT2D eigenvalue weighted by Gasteiger charge is 2.19. The second-order valence-corrected chi connectivity index (χ2v) is 19.6. The number of rotatable bonds is 53. The van der Waals surface area contributed by atoms with Gasteiger partial charge in [0.2, 0.25) is 0 Å². The molecule has 0 rings (SSSR count). The van der Waals surface area contributed by atoms with E-state index >= 15 is 0 Å². The third-order valence-electron chi connectivity index (χ3n) is 12.6. The number of carbonyl (C=O) groups excluding carboxylic acids is 3. The summed E-state index contributed by atoms with van der Waals surface area (Å²) in [6, 6.07) is 0. The molecule has 1 unspecified atom stereocenters. The minimum Gasteiger partial charge on any atom is -0.462 e. The van der Waals surface area contributed by atoms with Gasteiger partial charge in [0.15, 0.2) is 6.10 Å². The maximum Gasteiger partial charge on any atom is 0.306 e. The smallest absolute Gasteiger partial charge is 0.306 e. The van der Waals surface area contributed by atoms with E-state index in [0.29, 0.717) is 12.8 Å². The predicted molar refractivity (Wildman–Crippen MR) is 311 cm³/mol. The molecule has 0 amide bonds. The predicted octanol–water partition coefficient (Wildman–Crippen LogP) is 20.3. The van der Waals surface area contributed by atoms with Crippen molar-refractivity contribution in [3.8, 4) is 0 Å². The number of unbranched alkanes of at least 4 members (excludes halogenated alkanes) is 27. The fraction of sp³-hybridized carbons (Fsp3) is 0.682. The Kier molecular flexibility index (Phi) is 56.4. The molecule has 1 atom stereocenters. The van der Waals surface area contributed by atoms with Crippen LogP contribution < -0.4 is 0 Å². The molecule has 0 spiro atoms. The van der Waals surface area contributed by atoms with Gasteiger partial charge in [0.1, 0.15) is 13.2 Å². The second-order valence-electron chi connectivity index (χ2n) is 19.6. The van der Waals surface area contributed by atoms with Crippen molar-refractivity contribution in [2.75, 3.05) is 13.2 Å². The van der Waals surface area contributed by atoms with Crippen LogP contribution >= 0.6 is 0 Å². The van der Waals surface area contributed by atoms with Crippen LogP contribution in [0.3, 0.4) is 0 Å². The number of allylic oxidation sites excluding steroid dienone is 18. The Morgan fingerprint density at radius 2 is 0.611 bits per heavy atom. The van der Waals surface area contributed by atoms with Gasteiger partial charge in [-0.1, -0.05) is 278 Å². The molecule has 0 fully saturated rings.